The van der Waals surface area contributed by atoms with Crippen LogP contribution in [-0.4, -0.2) is 27.6 Å². The average molecular weight is 549 g/mol. The summed E-state index contributed by atoms with van der Waals surface area (Å²) in [5, 5.41) is 15.4. The van der Waals surface area contributed by atoms with Gasteiger partial charge in [0.2, 0.25) is 0 Å². The molecule has 1 aromatic heterocycles. The Kier molecular flexibility index (Phi) is 6.77. The summed E-state index contributed by atoms with van der Waals surface area (Å²) in [5.74, 6) is 1.27. The molecule has 0 radical (unpaired) electrons. The second-order valence-electron chi connectivity index (χ2n) is 7.56. The fraction of sp³-hybridized carbons (Fsp3) is 0.348. The van der Waals surface area contributed by atoms with E-state index in [0.29, 0.717) is 43.6 Å². The van der Waals surface area contributed by atoms with E-state index in [-0.39, 0.29) is 17.2 Å². The van der Waals surface area contributed by atoms with Gasteiger partial charge in [-0.3, -0.25) is 4.79 Å². The van der Waals surface area contributed by atoms with Crippen molar-refractivity contribution < 1.29 is 9.84 Å². The number of phenols is 1. The first kappa shape index (κ1) is 22.0. The summed E-state index contributed by atoms with van der Waals surface area (Å²) in [6.45, 7) is 2.26. The van der Waals surface area contributed by atoms with E-state index in [2.05, 4.69) is 37.0 Å². The minimum atomic E-state index is -0.179. The fourth-order valence-electron chi connectivity index (χ4n) is 3.97. The van der Waals surface area contributed by atoms with Gasteiger partial charge in [0.05, 0.1) is 28.2 Å². The number of aromatic nitrogens is 2. The molecule has 1 N–H and O–H groups in total. The summed E-state index contributed by atoms with van der Waals surface area (Å²) < 4.78 is 8.05. The largest absolute Gasteiger partial charge is 0.503 e. The monoisotopic (exact) mass is 547 g/mol. The molecule has 3 aromatic rings. The van der Waals surface area contributed by atoms with Gasteiger partial charge in [0.15, 0.2) is 11.5 Å². The van der Waals surface area contributed by atoms with Crippen LogP contribution in [0.5, 0.6) is 11.5 Å². The molecule has 0 unspecified atom stereocenters. The first-order valence-corrected chi connectivity index (χ1v) is 12.0. The number of fused-ring (bicyclic) bond motifs is 1. The van der Waals surface area contributed by atoms with Gasteiger partial charge in [0.1, 0.15) is 5.82 Å². The van der Waals surface area contributed by atoms with Crippen LogP contribution in [0.3, 0.4) is 0 Å². The number of hydrogen-bond donors (Lipinski definition) is 1. The molecule has 0 aliphatic heterocycles. The molecular weight excluding hydrogens is 526 g/mol. The van der Waals surface area contributed by atoms with Gasteiger partial charge in [-0.25, -0.2) is 4.98 Å². The predicted octanol–water partition coefficient (Wildman–Crippen LogP) is 5.96. The van der Waals surface area contributed by atoms with Crippen molar-refractivity contribution in [2.24, 2.45) is 5.10 Å². The first-order chi connectivity index (χ1) is 15.0. The van der Waals surface area contributed by atoms with Crippen LogP contribution in [0.1, 0.15) is 56.3 Å². The third-order valence-electron chi connectivity index (χ3n) is 5.54. The molecule has 162 valence electrons. The highest BCUT2D eigenvalue weighted by molar-refractivity contribution is 9.13. The maximum atomic E-state index is 13.3. The predicted molar refractivity (Wildman–Crippen MR) is 129 cm³/mol. The van der Waals surface area contributed by atoms with Crippen LogP contribution < -0.4 is 10.3 Å². The average Bonchev–Trinajstić information content (AvgIpc) is 2.80. The Morgan fingerprint density at radius 2 is 1.97 bits per heavy atom. The van der Waals surface area contributed by atoms with E-state index in [0.717, 1.165) is 25.7 Å². The SMILES string of the molecule is CCOc1cc(C=Nn2c(C3CCCCC3)nc3ccccc3c2=O)c(Br)c(Br)c1O. The van der Waals surface area contributed by atoms with E-state index >= 15 is 0 Å². The lowest BCUT2D eigenvalue weighted by Crippen LogP contribution is -2.25. The molecule has 1 fully saturated rings. The Balaban J connectivity index is 1.85. The number of nitrogens with zero attached hydrogens (tertiary/aromatic N) is 3. The summed E-state index contributed by atoms with van der Waals surface area (Å²) in [6.07, 6.45) is 7.08. The Morgan fingerprint density at radius 3 is 2.71 bits per heavy atom. The van der Waals surface area contributed by atoms with Crippen molar-refractivity contribution in [2.75, 3.05) is 6.61 Å². The van der Waals surface area contributed by atoms with Crippen LogP contribution in [0.2, 0.25) is 0 Å². The molecule has 0 spiro atoms. The van der Waals surface area contributed by atoms with E-state index in [4.69, 9.17) is 9.72 Å². The van der Waals surface area contributed by atoms with E-state index < -0.39 is 0 Å². The van der Waals surface area contributed by atoms with Crippen molar-refractivity contribution in [1.82, 2.24) is 9.66 Å². The highest BCUT2D eigenvalue weighted by atomic mass is 79.9. The molecule has 6 nitrogen and oxygen atoms in total. The second-order valence-corrected chi connectivity index (χ2v) is 9.14. The third kappa shape index (κ3) is 4.41. The van der Waals surface area contributed by atoms with Crippen LogP contribution in [0.25, 0.3) is 10.9 Å². The number of rotatable bonds is 5. The molecular formula is C23H23Br2N3O3. The van der Waals surface area contributed by atoms with E-state index in [1.54, 1.807) is 18.3 Å². The smallest absolute Gasteiger partial charge is 0.282 e. The van der Waals surface area contributed by atoms with Gasteiger partial charge < -0.3 is 9.84 Å². The molecule has 1 aliphatic carbocycles. The molecule has 1 aliphatic rings. The van der Waals surface area contributed by atoms with Gasteiger partial charge in [0.25, 0.3) is 5.56 Å². The zero-order chi connectivity index (χ0) is 22.0. The molecule has 0 atom stereocenters. The molecule has 31 heavy (non-hydrogen) atoms. The Labute approximate surface area is 197 Å². The number of ether oxygens (including phenoxy) is 1. The molecule has 0 saturated heterocycles. The van der Waals surface area contributed by atoms with Crippen LogP contribution in [0, 0.1) is 0 Å². The van der Waals surface area contributed by atoms with Crippen LogP contribution in [-0.2, 0) is 0 Å². The van der Waals surface area contributed by atoms with E-state index in [9.17, 15) is 9.90 Å². The molecule has 1 saturated carbocycles. The second kappa shape index (κ2) is 9.53. The molecule has 0 bridgehead atoms. The third-order valence-corrected chi connectivity index (χ3v) is 7.69. The zero-order valence-electron chi connectivity index (χ0n) is 17.1. The Bertz CT molecular complexity index is 1200. The van der Waals surface area contributed by atoms with E-state index in [1.807, 2.05) is 25.1 Å². The van der Waals surface area contributed by atoms with Crippen LogP contribution >= 0.6 is 31.9 Å². The summed E-state index contributed by atoms with van der Waals surface area (Å²) in [4.78, 5) is 18.1. The van der Waals surface area contributed by atoms with Crippen LogP contribution in [0.15, 0.2) is 49.2 Å². The molecule has 2 aromatic carbocycles. The summed E-state index contributed by atoms with van der Waals surface area (Å²) in [5.41, 5.74) is 1.19. The van der Waals surface area contributed by atoms with Gasteiger partial charge >= 0.3 is 0 Å². The number of halogens is 2. The Morgan fingerprint density at radius 1 is 1.23 bits per heavy atom. The number of para-hydroxylation sites is 1. The maximum Gasteiger partial charge on any atom is 0.282 e. The number of phenolic OH excluding ortho intramolecular Hbond substituents is 1. The lowest BCUT2D eigenvalue weighted by Gasteiger charge is -2.22. The number of aromatic hydroxyl groups is 1. The lowest BCUT2D eigenvalue weighted by atomic mass is 9.88. The van der Waals surface area contributed by atoms with Crippen molar-refractivity contribution in [1.29, 1.82) is 0 Å². The topological polar surface area (TPSA) is 76.7 Å². The van der Waals surface area contributed by atoms with Gasteiger partial charge in [-0.15, -0.1) is 0 Å². The van der Waals surface area contributed by atoms with Gasteiger partial charge in [-0.2, -0.15) is 9.78 Å². The molecule has 0 amide bonds. The quantitative estimate of drug-likeness (QED) is 0.399. The minimum absolute atomic E-state index is 0.0123. The zero-order valence-corrected chi connectivity index (χ0v) is 20.3. The van der Waals surface area contributed by atoms with Crippen LogP contribution in [0.4, 0.5) is 0 Å². The van der Waals surface area contributed by atoms with Crippen molar-refractivity contribution in [3.63, 3.8) is 0 Å². The highest BCUT2D eigenvalue weighted by Gasteiger charge is 2.22. The minimum Gasteiger partial charge on any atom is -0.503 e. The molecule has 8 heteroatoms. The summed E-state index contributed by atoms with van der Waals surface area (Å²) >= 11 is 6.87. The normalized spacial score (nSPS) is 15.1. The van der Waals surface area contributed by atoms with Crippen molar-refractivity contribution >= 4 is 49.0 Å². The summed E-state index contributed by atoms with van der Waals surface area (Å²) in [7, 11) is 0. The van der Waals surface area contributed by atoms with Crippen molar-refractivity contribution in [2.45, 2.75) is 44.9 Å². The van der Waals surface area contributed by atoms with Crippen molar-refractivity contribution in [3.05, 3.63) is 61.0 Å². The fourth-order valence-corrected chi connectivity index (χ4v) is 4.80. The van der Waals surface area contributed by atoms with Gasteiger partial charge in [-0.05, 0) is 69.8 Å². The molecule has 4 rings (SSSR count). The maximum absolute atomic E-state index is 13.3. The van der Waals surface area contributed by atoms with E-state index in [1.165, 1.54) is 11.1 Å². The first-order valence-electron chi connectivity index (χ1n) is 10.4. The highest BCUT2D eigenvalue weighted by Crippen LogP contribution is 2.41. The van der Waals surface area contributed by atoms with Gasteiger partial charge in [0, 0.05) is 16.0 Å². The summed E-state index contributed by atoms with van der Waals surface area (Å²) in [6, 6.07) is 9.08. The number of hydrogen-bond acceptors (Lipinski definition) is 5. The standard InChI is InChI=1S/C23H23Br2N3O3/c1-2-31-18-12-15(19(24)20(25)21(18)29)13-26-28-22(14-8-4-3-5-9-14)27-17-11-7-6-10-16(17)23(28)30/h6-7,10-14,29H,2-5,8-9H2,1H3. The van der Waals surface area contributed by atoms with Crippen molar-refractivity contribution in [3.8, 4) is 11.5 Å². The number of benzene rings is 2. The van der Waals surface area contributed by atoms with Gasteiger partial charge in [-0.1, -0.05) is 31.4 Å². The molecule has 1 heterocycles. The lowest BCUT2D eigenvalue weighted by molar-refractivity contribution is 0.317. The Hall–Kier alpha value is -2.19.